The van der Waals surface area contributed by atoms with Crippen LogP contribution in [0.5, 0.6) is 11.5 Å². The van der Waals surface area contributed by atoms with E-state index in [0.29, 0.717) is 29.7 Å². The quantitative estimate of drug-likeness (QED) is 0.587. The summed E-state index contributed by atoms with van der Waals surface area (Å²) in [6.45, 7) is 1.23. The van der Waals surface area contributed by atoms with Crippen LogP contribution in [-0.2, 0) is 20.5 Å². The minimum Gasteiger partial charge on any atom is -0.486 e. The van der Waals surface area contributed by atoms with Crippen LogP contribution < -0.4 is 14.8 Å². The van der Waals surface area contributed by atoms with Crippen molar-refractivity contribution in [3.63, 3.8) is 0 Å². The van der Waals surface area contributed by atoms with Crippen molar-refractivity contribution in [2.75, 3.05) is 53.0 Å². The molecule has 1 unspecified atom stereocenters. The Morgan fingerprint density at radius 2 is 1.74 bits per heavy atom. The zero-order chi connectivity index (χ0) is 24.8. The van der Waals surface area contributed by atoms with Crippen molar-refractivity contribution >= 4 is 27.5 Å². The normalized spacial score (nSPS) is 19.6. The zero-order valence-electron chi connectivity index (χ0n) is 19.1. The molecule has 0 fully saturated rings. The number of nitrogens with one attached hydrogen (secondary N) is 1. The Balaban J connectivity index is 1.30. The summed E-state index contributed by atoms with van der Waals surface area (Å²) in [7, 11) is -2.20. The molecule has 1 atom stereocenters. The molecule has 186 valence electrons. The number of alkyl halides is 1. The van der Waals surface area contributed by atoms with Crippen molar-refractivity contribution in [3.05, 3.63) is 64.2 Å². The number of carbonyl (C=O) groups excluding carboxylic acids is 1. The number of halogens is 2. The number of nitrogens with zero attached hydrogens (tertiary/aromatic N) is 2. The van der Waals surface area contributed by atoms with Gasteiger partial charge in [-0.25, -0.2) is 12.8 Å². The van der Waals surface area contributed by atoms with E-state index in [1.165, 1.54) is 27.4 Å². The topological polar surface area (TPSA) is 88.2 Å². The highest BCUT2D eigenvalue weighted by Crippen LogP contribution is 2.37. The maximum atomic E-state index is 16.1. The molecule has 0 spiro atoms. The average Bonchev–Trinajstić information content (AvgIpc) is 3.43. The molecule has 5 rings (SSSR count). The Bertz CT molecular complexity index is 1300. The van der Waals surface area contributed by atoms with Gasteiger partial charge in [0.1, 0.15) is 13.2 Å². The lowest BCUT2D eigenvalue weighted by atomic mass is 9.94. The van der Waals surface area contributed by atoms with Gasteiger partial charge in [0.05, 0.1) is 4.90 Å². The molecule has 0 saturated carbocycles. The standard InChI is InChI=1S/C24H25ClFN3O5S/c1-27-15-24(26,18-3-2-4-19(25)9-18)23(30)28-11-16-13-29(14-17(16)12-28)35(31,32)20-5-6-21-22(10-20)34-8-7-33-21/h2-6,9-10,27H,7-8,11-15H2,1H3. The first-order chi connectivity index (χ1) is 16.7. The third kappa shape index (κ3) is 4.29. The zero-order valence-corrected chi connectivity index (χ0v) is 20.7. The van der Waals surface area contributed by atoms with Gasteiger partial charge in [-0.05, 0) is 42.5 Å². The van der Waals surface area contributed by atoms with Crippen molar-refractivity contribution in [1.29, 1.82) is 0 Å². The van der Waals surface area contributed by atoms with Gasteiger partial charge in [-0.15, -0.1) is 0 Å². The van der Waals surface area contributed by atoms with Crippen molar-refractivity contribution in [3.8, 4) is 11.5 Å². The number of amides is 1. The second-order valence-corrected chi connectivity index (χ2v) is 11.2. The van der Waals surface area contributed by atoms with E-state index in [1.54, 1.807) is 31.3 Å². The van der Waals surface area contributed by atoms with Gasteiger partial charge in [0.25, 0.3) is 5.91 Å². The fourth-order valence-electron chi connectivity index (χ4n) is 4.72. The number of hydrogen-bond donors (Lipinski definition) is 1. The van der Waals surface area contributed by atoms with E-state index in [4.69, 9.17) is 21.1 Å². The van der Waals surface area contributed by atoms with Gasteiger partial charge >= 0.3 is 0 Å². The smallest absolute Gasteiger partial charge is 0.266 e. The van der Waals surface area contributed by atoms with Gasteiger partial charge in [-0.1, -0.05) is 23.7 Å². The SMILES string of the molecule is CNCC(F)(C(=O)N1CC2=C(C1)CN(S(=O)(=O)c1ccc3c(c1)OCCO3)C2)c1cccc(Cl)c1. The fraction of sp³-hybridized carbons (Fsp3) is 0.375. The van der Waals surface area contributed by atoms with Crippen LogP contribution >= 0.6 is 11.6 Å². The van der Waals surface area contributed by atoms with Crippen LogP contribution in [0.1, 0.15) is 5.56 Å². The largest absolute Gasteiger partial charge is 0.486 e. The van der Waals surface area contributed by atoms with Crippen molar-refractivity contribution < 1.29 is 27.1 Å². The molecule has 0 aromatic heterocycles. The number of rotatable bonds is 6. The van der Waals surface area contributed by atoms with Crippen LogP contribution in [0, 0.1) is 0 Å². The molecule has 8 nitrogen and oxygen atoms in total. The molecule has 0 bridgehead atoms. The van der Waals surface area contributed by atoms with E-state index < -0.39 is 21.6 Å². The molecule has 3 heterocycles. The predicted octanol–water partition coefficient (Wildman–Crippen LogP) is 2.34. The first kappa shape index (κ1) is 24.1. The number of ether oxygens (including phenoxy) is 2. The Labute approximate surface area is 208 Å². The molecule has 0 radical (unpaired) electrons. The Hall–Kier alpha value is -2.66. The maximum Gasteiger partial charge on any atom is 0.266 e. The van der Waals surface area contributed by atoms with E-state index in [2.05, 4.69) is 5.32 Å². The Morgan fingerprint density at radius 3 is 2.40 bits per heavy atom. The summed E-state index contributed by atoms with van der Waals surface area (Å²) in [5, 5.41) is 3.10. The van der Waals surface area contributed by atoms with E-state index in [-0.39, 0.29) is 43.2 Å². The number of sulfonamides is 1. The van der Waals surface area contributed by atoms with Crippen LogP contribution in [-0.4, -0.2) is 76.5 Å². The van der Waals surface area contributed by atoms with Crippen LogP contribution in [0.25, 0.3) is 0 Å². The maximum absolute atomic E-state index is 16.1. The lowest BCUT2D eigenvalue weighted by molar-refractivity contribution is -0.143. The summed E-state index contributed by atoms with van der Waals surface area (Å²) in [5.74, 6) is 0.241. The highest BCUT2D eigenvalue weighted by molar-refractivity contribution is 7.89. The summed E-state index contributed by atoms with van der Waals surface area (Å²) < 4.78 is 55.0. The molecule has 3 aliphatic rings. The van der Waals surface area contributed by atoms with Crippen LogP contribution in [0.4, 0.5) is 4.39 Å². The van der Waals surface area contributed by atoms with Crippen molar-refractivity contribution in [1.82, 2.24) is 14.5 Å². The van der Waals surface area contributed by atoms with E-state index in [0.717, 1.165) is 11.1 Å². The van der Waals surface area contributed by atoms with Gasteiger partial charge in [0.15, 0.2) is 11.5 Å². The summed E-state index contributed by atoms with van der Waals surface area (Å²) in [6, 6.07) is 10.8. The van der Waals surface area contributed by atoms with Gasteiger partial charge in [0.2, 0.25) is 15.7 Å². The first-order valence-corrected chi connectivity index (χ1v) is 13.0. The lowest BCUT2D eigenvalue weighted by Crippen LogP contribution is -2.49. The number of carbonyl (C=O) groups is 1. The molecule has 2 aromatic carbocycles. The van der Waals surface area contributed by atoms with E-state index in [1.807, 2.05) is 0 Å². The molecular weight excluding hydrogens is 497 g/mol. The van der Waals surface area contributed by atoms with Gasteiger partial charge in [-0.2, -0.15) is 4.31 Å². The van der Waals surface area contributed by atoms with E-state index in [9.17, 15) is 13.2 Å². The highest BCUT2D eigenvalue weighted by Gasteiger charge is 2.46. The molecule has 11 heteroatoms. The van der Waals surface area contributed by atoms with Crippen molar-refractivity contribution in [2.24, 2.45) is 0 Å². The third-order valence-electron chi connectivity index (χ3n) is 6.48. The lowest BCUT2D eigenvalue weighted by Gasteiger charge is -2.31. The van der Waals surface area contributed by atoms with Crippen LogP contribution in [0.2, 0.25) is 5.02 Å². The third-order valence-corrected chi connectivity index (χ3v) is 8.50. The number of fused-ring (bicyclic) bond motifs is 1. The highest BCUT2D eigenvalue weighted by atomic mass is 35.5. The number of benzene rings is 2. The second-order valence-electron chi connectivity index (χ2n) is 8.79. The molecule has 1 N–H and O–H groups in total. The summed E-state index contributed by atoms with van der Waals surface area (Å²) >= 11 is 6.04. The van der Waals surface area contributed by atoms with Gasteiger partial charge < -0.3 is 19.7 Å². The Kier molecular flexibility index (Phi) is 6.25. The second kappa shape index (κ2) is 9.09. The minimum absolute atomic E-state index is 0.119. The average molecular weight is 522 g/mol. The number of likely N-dealkylation sites (N-methyl/N-ethyl adjacent to an activating group) is 1. The molecule has 0 aliphatic carbocycles. The Morgan fingerprint density at radius 1 is 1.06 bits per heavy atom. The van der Waals surface area contributed by atoms with Crippen LogP contribution in [0.15, 0.2) is 58.5 Å². The monoisotopic (exact) mass is 521 g/mol. The summed E-state index contributed by atoms with van der Waals surface area (Å²) in [5.41, 5.74) is -0.481. The summed E-state index contributed by atoms with van der Waals surface area (Å²) in [4.78, 5) is 14.9. The molecule has 0 saturated heterocycles. The van der Waals surface area contributed by atoms with Crippen LogP contribution in [0.3, 0.4) is 0 Å². The minimum atomic E-state index is -3.78. The molecule has 2 aromatic rings. The van der Waals surface area contributed by atoms with Gasteiger partial charge in [-0.3, -0.25) is 4.79 Å². The molecule has 35 heavy (non-hydrogen) atoms. The number of hydrogen-bond acceptors (Lipinski definition) is 6. The molecule has 3 aliphatic heterocycles. The van der Waals surface area contributed by atoms with Crippen molar-refractivity contribution in [2.45, 2.75) is 10.6 Å². The first-order valence-electron chi connectivity index (χ1n) is 11.2. The van der Waals surface area contributed by atoms with Gasteiger partial charge in [0, 0.05) is 49.4 Å². The fourth-order valence-corrected chi connectivity index (χ4v) is 6.36. The van der Waals surface area contributed by atoms with E-state index >= 15 is 4.39 Å². The summed E-state index contributed by atoms with van der Waals surface area (Å²) in [6.07, 6.45) is 0. The predicted molar refractivity (Wildman–Crippen MR) is 128 cm³/mol. The molecular formula is C24H25ClFN3O5S. The molecule has 1 amide bonds.